The molecule has 1 saturated carbocycles. The van der Waals surface area contributed by atoms with Gasteiger partial charge in [0, 0.05) is 32.4 Å². The van der Waals surface area contributed by atoms with Gasteiger partial charge in [-0.05, 0) is 25.2 Å². The number of aliphatic hydroxyl groups excluding tert-OH is 1. The molecular weight excluding hydrogens is 230 g/mol. The predicted octanol–water partition coefficient (Wildman–Crippen LogP) is 1.57. The van der Waals surface area contributed by atoms with E-state index in [0.717, 1.165) is 19.4 Å². The van der Waals surface area contributed by atoms with Gasteiger partial charge in [-0.2, -0.15) is 0 Å². The Kier molecular flexibility index (Phi) is 6.05. The van der Waals surface area contributed by atoms with Crippen LogP contribution in [-0.4, -0.2) is 49.7 Å². The minimum absolute atomic E-state index is 0.133. The lowest BCUT2D eigenvalue weighted by Gasteiger charge is -2.47. The minimum atomic E-state index is 0.133. The summed E-state index contributed by atoms with van der Waals surface area (Å²) in [6.07, 6.45) is 2.11. The Morgan fingerprint density at radius 3 is 2.50 bits per heavy atom. The number of hydrogen-bond acceptors (Lipinski definition) is 4. The Balaban J connectivity index is 2.50. The summed E-state index contributed by atoms with van der Waals surface area (Å²) in [5, 5.41) is 12.8. The van der Waals surface area contributed by atoms with Crippen molar-refractivity contribution in [3.05, 3.63) is 0 Å². The highest BCUT2D eigenvalue weighted by Crippen LogP contribution is 2.30. The molecule has 0 aromatic carbocycles. The summed E-state index contributed by atoms with van der Waals surface area (Å²) in [5.41, 5.74) is 0.137. The van der Waals surface area contributed by atoms with Crippen molar-refractivity contribution in [1.82, 2.24) is 5.32 Å². The van der Waals surface area contributed by atoms with E-state index in [1.54, 1.807) is 7.11 Å². The molecule has 1 rings (SSSR count). The summed E-state index contributed by atoms with van der Waals surface area (Å²) >= 11 is 0. The first kappa shape index (κ1) is 15.9. The Morgan fingerprint density at radius 1 is 1.39 bits per heavy atom. The van der Waals surface area contributed by atoms with Gasteiger partial charge in [0.25, 0.3) is 0 Å². The van der Waals surface area contributed by atoms with Gasteiger partial charge in [-0.3, -0.25) is 0 Å². The van der Waals surface area contributed by atoms with Crippen molar-refractivity contribution in [2.75, 3.05) is 20.3 Å². The average Bonchev–Trinajstić information content (AvgIpc) is 2.25. The van der Waals surface area contributed by atoms with Gasteiger partial charge in [0.15, 0.2) is 0 Å². The molecule has 0 aromatic heterocycles. The van der Waals surface area contributed by atoms with E-state index < -0.39 is 0 Å². The second-order valence-corrected chi connectivity index (χ2v) is 6.13. The molecule has 0 saturated heterocycles. The fourth-order valence-corrected chi connectivity index (χ4v) is 2.59. The first-order valence-electron chi connectivity index (χ1n) is 6.95. The zero-order valence-corrected chi connectivity index (χ0v) is 12.4. The molecule has 4 unspecified atom stereocenters. The fourth-order valence-electron chi connectivity index (χ4n) is 2.59. The van der Waals surface area contributed by atoms with Crippen molar-refractivity contribution >= 4 is 0 Å². The molecule has 1 fully saturated rings. The van der Waals surface area contributed by atoms with Crippen LogP contribution < -0.4 is 5.32 Å². The first-order valence-corrected chi connectivity index (χ1v) is 6.95. The highest BCUT2D eigenvalue weighted by Gasteiger charge is 2.43. The van der Waals surface area contributed by atoms with E-state index >= 15 is 0 Å². The van der Waals surface area contributed by atoms with Crippen LogP contribution in [0.3, 0.4) is 0 Å². The van der Waals surface area contributed by atoms with Gasteiger partial charge in [0.1, 0.15) is 0 Å². The third kappa shape index (κ3) is 3.92. The van der Waals surface area contributed by atoms with E-state index in [0.29, 0.717) is 12.1 Å². The summed E-state index contributed by atoms with van der Waals surface area (Å²) < 4.78 is 11.1. The van der Waals surface area contributed by atoms with Gasteiger partial charge in [0.2, 0.25) is 0 Å². The number of nitrogens with one attached hydrogen (secondary N) is 1. The van der Waals surface area contributed by atoms with Crippen LogP contribution >= 0.6 is 0 Å². The van der Waals surface area contributed by atoms with Gasteiger partial charge in [0.05, 0.1) is 12.2 Å². The molecule has 4 nitrogen and oxygen atoms in total. The standard InChI is InChI=1S/C14H29NO3/c1-6-18-11-9-10(13(11)17-5)15-12(7-8-16)14(2,3)4/h10-13,15-16H,6-9H2,1-5H3. The minimum Gasteiger partial charge on any atom is -0.396 e. The summed E-state index contributed by atoms with van der Waals surface area (Å²) in [6.45, 7) is 9.55. The predicted molar refractivity (Wildman–Crippen MR) is 72.7 cm³/mol. The number of rotatable bonds is 7. The molecule has 0 bridgehead atoms. The third-order valence-corrected chi connectivity index (χ3v) is 3.78. The lowest BCUT2D eigenvalue weighted by molar-refractivity contribution is -0.135. The molecular formula is C14H29NO3. The van der Waals surface area contributed by atoms with E-state index in [4.69, 9.17) is 14.6 Å². The summed E-state index contributed by atoms with van der Waals surface area (Å²) in [6, 6.07) is 0.634. The molecule has 0 spiro atoms. The Labute approximate surface area is 111 Å². The summed E-state index contributed by atoms with van der Waals surface area (Å²) in [7, 11) is 1.74. The molecule has 2 N–H and O–H groups in total. The molecule has 0 amide bonds. The Hall–Kier alpha value is -0.160. The quantitative estimate of drug-likeness (QED) is 0.728. The number of aliphatic hydroxyl groups is 1. The zero-order chi connectivity index (χ0) is 13.8. The van der Waals surface area contributed by atoms with Crippen LogP contribution in [0.15, 0.2) is 0 Å². The topological polar surface area (TPSA) is 50.7 Å². The zero-order valence-electron chi connectivity index (χ0n) is 12.4. The smallest absolute Gasteiger partial charge is 0.0986 e. The number of hydrogen-bond donors (Lipinski definition) is 2. The molecule has 4 atom stereocenters. The monoisotopic (exact) mass is 259 g/mol. The largest absolute Gasteiger partial charge is 0.396 e. The van der Waals surface area contributed by atoms with Gasteiger partial charge in [-0.15, -0.1) is 0 Å². The second kappa shape index (κ2) is 6.85. The molecule has 18 heavy (non-hydrogen) atoms. The molecule has 1 aliphatic carbocycles. The normalized spacial score (nSPS) is 30.0. The van der Waals surface area contributed by atoms with E-state index in [1.165, 1.54) is 0 Å². The molecule has 108 valence electrons. The maximum absolute atomic E-state index is 9.17. The lowest BCUT2D eigenvalue weighted by Crippen LogP contribution is -2.63. The second-order valence-electron chi connectivity index (χ2n) is 6.13. The van der Waals surface area contributed by atoms with Crippen molar-refractivity contribution in [3.63, 3.8) is 0 Å². The molecule has 4 heteroatoms. The van der Waals surface area contributed by atoms with Crippen LogP contribution in [0, 0.1) is 5.41 Å². The van der Waals surface area contributed by atoms with Crippen LogP contribution in [0.1, 0.15) is 40.5 Å². The molecule has 0 aromatic rings. The highest BCUT2D eigenvalue weighted by atomic mass is 16.5. The number of ether oxygens (including phenoxy) is 2. The molecule has 1 aliphatic rings. The average molecular weight is 259 g/mol. The van der Waals surface area contributed by atoms with Gasteiger partial charge in [-0.1, -0.05) is 20.8 Å². The molecule has 0 heterocycles. The van der Waals surface area contributed by atoms with Gasteiger partial charge >= 0.3 is 0 Å². The van der Waals surface area contributed by atoms with E-state index in [-0.39, 0.29) is 24.2 Å². The van der Waals surface area contributed by atoms with Crippen LogP contribution in [0.5, 0.6) is 0 Å². The van der Waals surface area contributed by atoms with Crippen molar-refractivity contribution in [3.8, 4) is 0 Å². The summed E-state index contributed by atoms with van der Waals surface area (Å²) in [5.74, 6) is 0. The maximum Gasteiger partial charge on any atom is 0.0986 e. The Morgan fingerprint density at radius 2 is 2.06 bits per heavy atom. The van der Waals surface area contributed by atoms with Gasteiger partial charge in [-0.25, -0.2) is 0 Å². The first-order chi connectivity index (χ1) is 8.43. The van der Waals surface area contributed by atoms with Crippen molar-refractivity contribution in [2.24, 2.45) is 5.41 Å². The maximum atomic E-state index is 9.17. The van der Waals surface area contributed by atoms with E-state index in [1.807, 2.05) is 6.92 Å². The van der Waals surface area contributed by atoms with Crippen molar-refractivity contribution in [1.29, 1.82) is 0 Å². The SMILES string of the molecule is CCOC1CC(NC(CCO)C(C)(C)C)C1OC. The van der Waals surface area contributed by atoms with Crippen LogP contribution in [0.4, 0.5) is 0 Å². The van der Waals surface area contributed by atoms with Crippen molar-refractivity contribution < 1.29 is 14.6 Å². The van der Waals surface area contributed by atoms with Gasteiger partial charge < -0.3 is 19.9 Å². The van der Waals surface area contributed by atoms with Crippen LogP contribution in [0.2, 0.25) is 0 Å². The fraction of sp³-hybridized carbons (Fsp3) is 1.00. The van der Waals surface area contributed by atoms with E-state index in [9.17, 15) is 0 Å². The van der Waals surface area contributed by atoms with Crippen LogP contribution in [0.25, 0.3) is 0 Å². The number of methoxy groups -OCH3 is 1. The molecule has 0 radical (unpaired) electrons. The van der Waals surface area contributed by atoms with E-state index in [2.05, 4.69) is 26.1 Å². The van der Waals surface area contributed by atoms with Crippen molar-refractivity contribution in [2.45, 2.75) is 64.8 Å². The van der Waals surface area contributed by atoms with Crippen LogP contribution in [-0.2, 0) is 9.47 Å². The lowest BCUT2D eigenvalue weighted by atomic mass is 9.80. The summed E-state index contributed by atoms with van der Waals surface area (Å²) in [4.78, 5) is 0. The molecule has 0 aliphatic heterocycles. The highest BCUT2D eigenvalue weighted by molar-refractivity contribution is 4.99. The Bertz CT molecular complexity index is 240. The third-order valence-electron chi connectivity index (χ3n) is 3.78.